The fourth-order valence-electron chi connectivity index (χ4n) is 2.63. The number of nitrogens with zero attached hydrogens (tertiary/aromatic N) is 1. The highest BCUT2D eigenvalue weighted by Crippen LogP contribution is 2.33. The predicted molar refractivity (Wildman–Crippen MR) is 75.8 cm³/mol. The molecule has 3 heteroatoms. The molecule has 0 saturated heterocycles. The van der Waals surface area contributed by atoms with E-state index < -0.39 is 11.6 Å². The van der Waals surface area contributed by atoms with Gasteiger partial charge in [0.1, 0.15) is 0 Å². The molecule has 0 fully saturated rings. The van der Waals surface area contributed by atoms with Crippen molar-refractivity contribution in [1.82, 2.24) is 4.98 Å². The van der Waals surface area contributed by atoms with Crippen LogP contribution in [0.1, 0.15) is 20.7 Å². The van der Waals surface area contributed by atoms with Crippen molar-refractivity contribution in [3.63, 3.8) is 0 Å². The average molecular weight is 259 g/mol. The van der Waals surface area contributed by atoms with Gasteiger partial charge in [0, 0.05) is 16.5 Å². The molecule has 2 aromatic carbocycles. The van der Waals surface area contributed by atoms with Crippen LogP contribution in [0.2, 0.25) is 0 Å². The maximum Gasteiger partial charge on any atom is 0.235 e. The second kappa shape index (κ2) is 3.84. The Morgan fingerprint density at radius 2 is 1.35 bits per heavy atom. The summed E-state index contributed by atoms with van der Waals surface area (Å²) in [5.41, 5.74) is 2.99. The molecule has 0 unspecified atom stereocenters. The van der Waals surface area contributed by atoms with Crippen LogP contribution in [0.3, 0.4) is 0 Å². The Morgan fingerprint density at radius 1 is 0.700 bits per heavy atom. The number of benzene rings is 2. The van der Waals surface area contributed by atoms with E-state index >= 15 is 0 Å². The van der Waals surface area contributed by atoms with Gasteiger partial charge in [-0.3, -0.25) is 9.59 Å². The molecule has 0 spiro atoms. The number of pyridine rings is 1. The number of ketones is 2. The molecule has 1 aliphatic carbocycles. The van der Waals surface area contributed by atoms with Crippen molar-refractivity contribution in [3.05, 3.63) is 65.7 Å². The lowest BCUT2D eigenvalue weighted by Gasteiger charge is -2.17. The molecule has 3 aromatic rings. The summed E-state index contributed by atoms with van der Waals surface area (Å²) < 4.78 is 0. The van der Waals surface area contributed by atoms with Crippen molar-refractivity contribution in [2.24, 2.45) is 0 Å². The number of carbonyl (C=O) groups is 2. The minimum absolute atomic E-state index is 0.396. The number of fused-ring (bicyclic) bond motifs is 4. The standard InChI is InChI=1S/C17H9NO2/c19-16-12-7-3-2-6-11(12)15-13(17(16)20)9-10-5-1-4-8-14(10)18-15/h1-9H. The first-order valence-electron chi connectivity index (χ1n) is 6.34. The monoisotopic (exact) mass is 259 g/mol. The zero-order chi connectivity index (χ0) is 13.7. The summed E-state index contributed by atoms with van der Waals surface area (Å²) in [7, 11) is 0. The number of para-hydroxylation sites is 1. The van der Waals surface area contributed by atoms with E-state index in [1.54, 1.807) is 18.2 Å². The number of rotatable bonds is 0. The van der Waals surface area contributed by atoms with Gasteiger partial charge in [-0.2, -0.15) is 0 Å². The molecule has 0 atom stereocenters. The number of carbonyl (C=O) groups excluding carboxylic acids is 2. The maximum atomic E-state index is 12.2. The third-order valence-corrected chi connectivity index (χ3v) is 3.60. The van der Waals surface area contributed by atoms with Crippen LogP contribution in [-0.2, 0) is 0 Å². The van der Waals surface area contributed by atoms with Gasteiger partial charge >= 0.3 is 0 Å². The van der Waals surface area contributed by atoms with Crippen LogP contribution in [0.4, 0.5) is 0 Å². The van der Waals surface area contributed by atoms with E-state index in [0.29, 0.717) is 16.8 Å². The molecule has 0 amide bonds. The molecule has 4 rings (SSSR count). The molecule has 94 valence electrons. The Hall–Kier alpha value is -2.81. The third-order valence-electron chi connectivity index (χ3n) is 3.60. The Bertz CT molecular complexity index is 896. The summed E-state index contributed by atoms with van der Waals surface area (Å²) in [6.07, 6.45) is 0. The Balaban J connectivity index is 2.15. The SMILES string of the molecule is O=C1C(=O)c2cc3ccccc3nc2-c2ccccc21. The minimum Gasteiger partial charge on any atom is -0.285 e. The van der Waals surface area contributed by atoms with Crippen molar-refractivity contribution in [2.45, 2.75) is 0 Å². The molecular formula is C17H9NO2. The predicted octanol–water partition coefficient (Wildman–Crippen LogP) is 3.28. The largest absolute Gasteiger partial charge is 0.285 e. The number of aromatic nitrogens is 1. The molecule has 20 heavy (non-hydrogen) atoms. The van der Waals surface area contributed by atoms with Crippen LogP contribution in [0.15, 0.2) is 54.6 Å². The zero-order valence-corrected chi connectivity index (χ0v) is 10.5. The zero-order valence-electron chi connectivity index (χ0n) is 10.5. The lowest BCUT2D eigenvalue weighted by molar-refractivity contribution is 0.0815. The summed E-state index contributed by atoms with van der Waals surface area (Å²) in [6.45, 7) is 0. The van der Waals surface area contributed by atoms with Gasteiger partial charge in [0.2, 0.25) is 11.6 Å². The smallest absolute Gasteiger partial charge is 0.235 e. The second-order valence-electron chi connectivity index (χ2n) is 4.78. The molecule has 3 nitrogen and oxygen atoms in total. The van der Waals surface area contributed by atoms with Crippen molar-refractivity contribution in [2.75, 3.05) is 0 Å². The topological polar surface area (TPSA) is 47.0 Å². The summed E-state index contributed by atoms with van der Waals surface area (Å²) in [5.74, 6) is -0.929. The van der Waals surface area contributed by atoms with Crippen LogP contribution in [-0.4, -0.2) is 16.6 Å². The van der Waals surface area contributed by atoms with Crippen LogP contribution in [0, 0.1) is 0 Å². The van der Waals surface area contributed by atoms with E-state index in [2.05, 4.69) is 4.98 Å². The summed E-state index contributed by atoms with van der Waals surface area (Å²) in [4.78, 5) is 28.9. The van der Waals surface area contributed by atoms with E-state index in [1.807, 2.05) is 36.4 Å². The third kappa shape index (κ3) is 1.37. The van der Waals surface area contributed by atoms with Gasteiger partial charge in [0.25, 0.3) is 0 Å². The second-order valence-corrected chi connectivity index (χ2v) is 4.78. The van der Waals surface area contributed by atoms with E-state index in [9.17, 15) is 9.59 Å². The fourth-order valence-corrected chi connectivity index (χ4v) is 2.63. The number of hydrogen-bond acceptors (Lipinski definition) is 3. The van der Waals surface area contributed by atoms with Crippen LogP contribution >= 0.6 is 0 Å². The van der Waals surface area contributed by atoms with E-state index in [4.69, 9.17) is 0 Å². The van der Waals surface area contributed by atoms with Crippen molar-refractivity contribution in [1.29, 1.82) is 0 Å². The molecule has 0 aliphatic heterocycles. The van der Waals surface area contributed by atoms with Gasteiger partial charge in [-0.15, -0.1) is 0 Å². The molecular weight excluding hydrogens is 250 g/mol. The summed E-state index contributed by atoms with van der Waals surface area (Å²) in [5, 5.41) is 0.867. The molecule has 0 bridgehead atoms. The Labute approximate surface area is 114 Å². The fraction of sp³-hybridized carbons (Fsp3) is 0. The van der Waals surface area contributed by atoms with Crippen LogP contribution in [0.25, 0.3) is 22.2 Å². The normalized spacial score (nSPS) is 13.2. The van der Waals surface area contributed by atoms with Crippen molar-refractivity contribution < 1.29 is 9.59 Å². The van der Waals surface area contributed by atoms with Gasteiger partial charge in [0.15, 0.2) is 0 Å². The lowest BCUT2D eigenvalue weighted by atomic mass is 9.86. The van der Waals surface area contributed by atoms with Gasteiger partial charge < -0.3 is 0 Å². The van der Waals surface area contributed by atoms with Crippen LogP contribution in [0.5, 0.6) is 0 Å². The Morgan fingerprint density at radius 3 is 2.20 bits per heavy atom. The quantitative estimate of drug-likeness (QED) is 0.582. The highest BCUT2D eigenvalue weighted by atomic mass is 16.2. The highest BCUT2D eigenvalue weighted by molar-refractivity contribution is 6.53. The van der Waals surface area contributed by atoms with Crippen molar-refractivity contribution >= 4 is 22.5 Å². The maximum absolute atomic E-state index is 12.2. The highest BCUT2D eigenvalue weighted by Gasteiger charge is 2.31. The van der Waals surface area contributed by atoms with E-state index in [0.717, 1.165) is 16.5 Å². The first-order valence-corrected chi connectivity index (χ1v) is 6.34. The van der Waals surface area contributed by atoms with E-state index in [-0.39, 0.29) is 0 Å². The molecule has 0 radical (unpaired) electrons. The van der Waals surface area contributed by atoms with Gasteiger partial charge in [-0.05, 0) is 12.1 Å². The molecule has 1 aliphatic rings. The Kier molecular flexibility index (Phi) is 2.12. The molecule has 1 aromatic heterocycles. The van der Waals surface area contributed by atoms with Gasteiger partial charge in [0.05, 0.1) is 16.8 Å². The van der Waals surface area contributed by atoms with Gasteiger partial charge in [-0.1, -0.05) is 42.5 Å². The number of hydrogen-bond donors (Lipinski definition) is 0. The van der Waals surface area contributed by atoms with Gasteiger partial charge in [-0.25, -0.2) is 4.98 Å². The summed E-state index contributed by atoms with van der Waals surface area (Å²) in [6, 6.07) is 16.5. The first kappa shape index (κ1) is 11.1. The summed E-state index contributed by atoms with van der Waals surface area (Å²) >= 11 is 0. The molecule has 1 heterocycles. The van der Waals surface area contributed by atoms with Crippen molar-refractivity contribution in [3.8, 4) is 11.3 Å². The minimum atomic E-state index is -0.475. The van der Waals surface area contributed by atoms with Crippen LogP contribution < -0.4 is 0 Å². The first-order chi connectivity index (χ1) is 9.75. The average Bonchev–Trinajstić information content (AvgIpc) is 2.51. The lowest BCUT2D eigenvalue weighted by Crippen LogP contribution is -2.21. The molecule has 0 saturated carbocycles. The number of Topliss-reactive ketones (excluding diaryl/α,β-unsaturated/α-hetero) is 2. The van der Waals surface area contributed by atoms with E-state index in [1.165, 1.54) is 0 Å². The molecule has 0 N–H and O–H groups in total.